The summed E-state index contributed by atoms with van der Waals surface area (Å²) in [6.07, 6.45) is 12.2. The Balaban J connectivity index is 1.77. The normalized spacial score (nSPS) is 23.6. The average Bonchev–Trinajstić information content (AvgIpc) is 3.11. The molecule has 1 aliphatic heterocycles. The molecule has 3 nitrogen and oxygen atoms in total. The topological polar surface area (TPSA) is 33.5 Å². The third-order valence-corrected chi connectivity index (χ3v) is 4.86. The van der Waals surface area contributed by atoms with Gasteiger partial charge in [0, 0.05) is 6.42 Å². The van der Waals surface area contributed by atoms with E-state index in [2.05, 4.69) is 4.90 Å². The van der Waals surface area contributed by atoms with E-state index in [1.807, 2.05) is 6.07 Å². The highest BCUT2D eigenvalue weighted by atomic mass is 16.3. The second-order valence-corrected chi connectivity index (χ2v) is 6.02. The Labute approximate surface area is 115 Å². The van der Waals surface area contributed by atoms with Gasteiger partial charge in [-0.15, -0.1) is 0 Å². The van der Waals surface area contributed by atoms with Crippen molar-refractivity contribution in [3.8, 4) is 0 Å². The number of furan rings is 1. The first-order valence-electron chi connectivity index (χ1n) is 7.61. The van der Waals surface area contributed by atoms with E-state index in [0.29, 0.717) is 12.2 Å². The van der Waals surface area contributed by atoms with Crippen molar-refractivity contribution in [3.63, 3.8) is 0 Å². The lowest BCUT2D eigenvalue weighted by Gasteiger charge is -2.42. The number of rotatable bonds is 4. The van der Waals surface area contributed by atoms with Gasteiger partial charge in [0.1, 0.15) is 0 Å². The summed E-state index contributed by atoms with van der Waals surface area (Å²) in [5.41, 5.74) is 0.866. The Kier molecular flexibility index (Phi) is 3.74. The smallest absolute Gasteiger partial charge is 0.157 e. The third-order valence-electron chi connectivity index (χ3n) is 4.86. The Morgan fingerprint density at radius 2 is 1.89 bits per heavy atom. The zero-order valence-electron chi connectivity index (χ0n) is 11.6. The molecular weight excluding hydrogens is 238 g/mol. The minimum Gasteiger partial charge on any atom is -0.472 e. The number of nitrogens with zero attached hydrogens (tertiary/aromatic N) is 1. The molecule has 1 aliphatic carbocycles. The summed E-state index contributed by atoms with van der Waals surface area (Å²) >= 11 is 0. The first kappa shape index (κ1) is 12.9. The van der Waals surface area contributed by atoms with Gasteiger partial charge in [0.2, 0.25) is 0 Å². The molecule has 2 fully saturated rings. The molecule has 0 spiro atoms. The van der Waals surface area contributed by atoms with Crippen LogP contribution in [-0.4, -0.2) is 29.3 Å². The first-order valence-corrected chi connectivity index (χ1v) is 7.61. The standard InChI is InChI=1S/C16H23NO2/c18-15(12-14-6-11-19-13-14)16(7-2-3-8-16)17-9-4-1-5-10-17/h6,11,13H,1-5,7-10,12H2. The van der Waals surface area contributed by atoms with Crippen LogP contribution >= 0.6 is 0 Å². The van der Waals surface area contributed by atoms with E-state index >= 15 is 0 Å². The average molecular weight is 261 g/mol. The number of piperidine rings is 1. The van der Waals surface area contributed by atoms with E-state index in [9.17, 15) is 4.79 Å². The highest BCUT2D eigenvalue weighted by Gasteiger charge is 2.45. The molecule has 1 saturated carbocycles. The lowest BCUT2D eigenvalue weighted by atomic mass is 9.85. The summed E-state index contributed by atoms with van der Waals surface area (Å²) in [5.74, 6) is 0.410. The van der Waals surface area contributed by atoms with E-state index in [0.717, 1.165) is 31.5 Å². The van der Waals surface area contributed by atoms with Crippen molar-refractivity contribution < 1.29 is 9.21 Å². The maximum Gasteiger partial charge on any atom is 0.157 e. The number of hydrogen-bond acceptors (Lipinski definition) is 3. The zero-order chi connectivity index (χ0) is 13.1. The molecule has 3 heteroatoms. The van der Waals surface area contributed by atoms with Crippen molar-refractivity contribution in [3.05, 3.63) is 24.2 Å². The maximum absolute atomic E-state index is 12.9. The van der Waals surface area contributed by atoms with Gasteiger partial charge in [-0.3, -0.25) is 9.69 Å². The van der Waals surface area contributed by atoms with Crippen LogP contribution in [0, 0.1) is 0 Å². The third kappa shape index (κ3) is 2.48. The highest BCUT2D eigenvalue weighted by Crippen LogP contribution is 2.38. The molecule has 1 saturated heterocycles. The quantitative estimate of drug-likeness (QED) is 0.834. The van der Waals surface area contributed by atoms with Gasteiger partial charge in [-0.25, -0.2) is 0 Å². The van der Waals surface area contributed by atoms with Crippen LogP contribution in [0.4, 0.5) is 0 Å². The molecule has 0 aromatic carbocycles. The molecule has 0 bridgehead atoms. The fourth-order valence-electron chi connectivity index (χ4n) is 3.80. The molecule has 1 aromatic rings. The van der Waals surface area contributed by atoms with Crippen LogP contribution in [0.15, 0.2) is 23.0 Å². The minimum absolute atomic E-state index is 0.155. The van der Waals surface area contributed by atoms with Crippen molar-refractivity contribution in [2.75, 3.05) is 13.1 Å². The molecule has 0 N–H and O–H groups in total. The number of carbonyl (C=O) groups is 1. The molecular formula is C16H23NO2. The van der Waals surface area contributed by atoms with Crippen LogP contribution in [-0.2, 0) is 11.2 Å². The fraction of sp³-hybridized carbons (Fsp3) is 0.688. The van der Waals surface area contributed by atoms with Gasteiger partial charge < -0.3 is 4.42 Å². The molecule has 2 aliphatic rings. The molecule has 0 radical (unpaired) electrons. The summed E-state index contributed by atoms with van der Waals surface area (Å²) in [5, 5.41) is 0. The maximum atomic E-state index is 12.9. The van der Waals surface area contributed by atoms with Crippen molar-refractivity contribution in [2.45, 2.75) is 56.9 Å². The molecule has 19 heavy (non-hydrogen) atoms. The summed E-state index contributed by atoms with van der Waals surface area (Å²) in [6.45, 7) is 2.22. The van der Waals surface area contributed by atoms with E-state index in [1.54, 1.807) is 12.5 Å². The number of hydrogen-bond donors (Lipinski definition) is 0. The number of carbonyl (C=O) groups excluding carboxylic acids is 1. The molecule has 0 unspecified atom stereocenters. The van der Waals surface area contributed by atoms with Crippen molar-refractivity contribution in [2.24, 2.45) is 0 Å². The monoisotopic (exact) mass is 261 g/mol. The molecule has 0 amide bonds. The van der Waals surface area contributed by atoms with E-state index in [-0.39, 0.29) is 5.54 Å². The van der Waals surface area contributed by atoms with Crippen LogP contribution < -0.4 is 0 Å². The Hall–Kier alpha value is -1.09. The number of likely N-dealkylation sites (tertiary alicyclic amines) is 1. The molecule has 0 atom stereocenters. The number of ketones is 1. The summed E-state index contributed by atoms with van der Waals surface area (Å²) in [6, 6.07) is 1.91. The largest absolute Gasteiger partial charge is 0.472 e. The predicted octanol–water partition coefficient (Wildman–Crippen LogP) is 3.19. The van der Waals surface area contributed by atoms with Gasteiger partial charge in [0.05, 0.1) is 18.1 Å². The van der Waals surface area contributed by atoms with Gasteiger partial charge in [0.15, 0.2) is 5.78 Å². The highest BCUT2D eigenvalue weighted by molar-refractivity contribution is 5.90. The van der Waals surface area contributed by atoms with Gasteiger partial charge in [-0.2, -0.15) is 0 Å². The van der Waals surface area contributed by atoms with Gasteiger partial charge in [-0.1, -0.05) is 19.3 Å². The Morgan fingerprint density at radius 1 is 1.16 bits per heavy atom. The fourth-order valence-corrected chi connectivity index (χ4v) is 3.80. The molecule has 1 aromatic heterocycles. The van der Waals surface area contributed by atoms with Gasteiger partial charge in [-0.05, 0) is 50.4 Å². The van der Waals surface area contributed by atoms with E-state index < -0.39 is 0 Å². The summed E-state index contributed by atoms with van der Waals surface area (Å²) in [4.78, 5) is 15.3. The predicted molar refractivity (Wildman–Crippen MR) is 74.0 cm³/mol. The van der Waals surface area contributed by atoms with Crippen molar-refractivity contribution in [1.29, 1.82) is 0 Å². The van der Waals surface area contributed by atoms with Gasteiger partial charge >= 0.3 is 0 Å². The first-order chi connectivity index (χ1) is 9.31. The molecule has 3 rings (SSSR count). The van der Waals surface area contributed by atoms with E-state index in [4.69, 9.17) is 4.42 Å². The lowest BCUT2D eigenvalue weighted by molar-refractivity contribution is -0.131. The van der Waals surface area contributed by atoms with E-state index in [1.165, 1.54) is 32.1 Å². The van der Waals surface area contributed by atoms with Crippen LogP contribution in [0.1, 0.15) is 50.5 Å². The molecule has 2 heterocycles. The Morgan fingerprint density at radius 3 is 2.53 bits per heavy atom. The summed E-state index contributed by atoms with van der Waals surface area (Å²) < 4.78 is 5.09. The minimum atomic E-state index is -0.155. The van der Waals surface area contributed by atoms with Crippen LogP contribution in [0.3, 0.4) is 0 Å². The van der Waals surface area contributed by atoms with Gasteiger partial charge in [0.25, 0.3) is 0 Å². The summed E-state index contributed by atoms with van der Waals surface area (Å²) in [7, 11) is 0. The second-order valence-electron chi connectivity index (χ2n) is 6.02. The van der Waals surface area contributed by atoms with Crippen molar-refractivity contribution >= 4 is 5.78 Å². The second kappa shape index (κ2) is 5.49. The van der Waals surface area contributed by atoms with Crippen LogP contribution in [0.2, 0.25) is 0 Å². The lowest BCUT2D eigenvalue weighted by Crippen LogP contribution is -2.55. The Bertz CT molecular complexity index is 412. The van der Waals surface area contributed by atoms with Crippen LogP contribution in [0.25, 0.3) is 0 Å². The number of Topliss-reactive ketones (excluding diaryl/α,β-unsaturated/α-hetero) is 1. The zero-order valence-corrected chi connectivity index (χ0v) is 11.6. The van der Waals surface area contributed by atoms with Crippen molar-refractivity contribution in [1.82, 2.24) is 4.90 Å². The van der Waals surface area contributed by atoms with Crippen LogP contribution in [0.5, 0.6) is 0 Å². The molecule has 104 valence electrons. The SMILES string of the molecule is O=C(Cc1ccoc1)C1(N2CCCCC2)CCCC1.